The van der Waals surface area contributed by atoms with Gasteiger partial charge in [0, 0.05) is 17.7 Å². The summed E-state index contributed by atoms with van der Waals surface area (Å²) in [7, 11) is 0. The van der Waals surface area contributed by atoms with Crippen LogP contribution < -0.4 is 5.32 Å². The zero-order chi connectivity index (χ0) is 18.5. The zero-order valence-corrected chi connectivity index (χ0v) is 15.9. The topological polar surface area (TPSA) is 80.0 Å². The van der Waals surface area contributed by atoms with Crippen molar-refractivity contribution in [3.05, 3.63) is 41.1 Å². The zero-order valence-electron chi connectivity index (χ0n) is 15.1. The molecular weight excluding hydrogens is 348 g/mol. The van der Waals surface area contributed by atoms with Gasteiger partial charge in [-0.2, -0.15) is 4.98 Å². The van der Waals surface area contributed by atoms with Crippen molar-refractivity contribution >= 4 is 23.5 Å². The first-order chi connectivity index (χ1) is 12.4. The number of nitrogens with one attached hydrogen (secondary N) is 1. The summed E-state index contributed by atoms with van der Waals surface area (Å²) in [5.74, 6) is 1.83. The number of carbonyl (C=O) groups excluding carboxylic acids is 1. The highest BCUT2D eigenvalue weighted by Crippen LogP contribution is 2.45. The molecule has 1 atom stereocenters. The number of carbonyl (C=O) groups is 1. The Bertz CT molecular complexity index is 916. The molecule has 1 aromatic heterocycles. The predicted octanol–water partition coefficient (Wildman–Crippen LogP) is 3.75. The van der Waals surface area contributed by atoms with Crippen molar-refractivity contribution in [3.63, 3.8) is 0 Å². The summed E-state index contributed by atoms with van der Waals surface area (Å²) in [6, 6.07) is 6.68. The second-order valence-electron chi connectivity index (χ2n) is 7.55. The second kappa shape index (κ2) is 6.16. The van der Waals surface area contributed by atoms with Gasteiger partial charge in [-0.1, -0.05) is 44.7 Å². The molecule has 2 N–H and O–H groups in total. The number of Topliss-reactive ketones (excluding diaryl/α,β-unsaturated/α-hetero) is 1. The van der Waals surface area contributed by atoms with Crippen molar-refractivity contribution in [1.29, 1.82) is 0 Å². The van der Waals surface area contributed by atoms with Gasteiger partial charge in [0.05, 0.1) is 0 Å². The van der Waals surface area contributed by atoms with Crippen LogP contribution in [0.15, 0.2) is 40.7 Å². The molecule has 2 aliphatic rings. The first-order valence-electron chi connectivity index (χ1n) is 8.79. The lowest BCUT2D eigenvalue weighted by atomic mass is 9.73. The number of ketones is 1. The molecule has 6 nitrogen and oxygen atoms in total. The third-order valence-electron chi connectivity index (χ3n) is 4.77. The van der Waals surface area contributed by atoms with E-state index in [0.717, 1.165) is 29.0 Å². The van der Waals surface area contributed by atoms with Gasteiger partial charge in [0.15, 0.2) is 5.78 Å². The monoisotopic (exact) mass is 370 g/mol. The summed E-state index contributed by atoms with van der Waals surface area (Å²) in [6.45, 7) is 6.27. The minimum atomic E-state index is -0.365. The highest BCUT2D eigenvalue weighted by molar-refractivity contribution is 7.99. The minimum absolute atomic E-state index is 0.0878. The Morgan fingerprint density at radius 1 is 1.38 bits per heavy atom. The lowest BCUT2D eigenvalue weighted by molar-refractivity contribution is -0.118. The molecule has 0 spiro atoms. The lowest BCUT2D eigenvalue weighted by Crippen LogP contribution is -2.36. The van der Waals surface area contributed by atoms with E-state index >= 15 is 0 Å². The Balaban J connectivity index is 1.89. The lowest BCUT2D eigenvalue weighted by Gasteiger charge is -2.38. The summed E-state index contributed by atoms with van der Waals surface area (Å²) in [5.41, 5.74) is 2.41. The fourth-order valence-corrected chi connectivity index (χ4v) is 4.34. The largest absolute Gasteiger partial charge is 0.508 e. The SMILES string of the molecule is CCSc1nc2n(n1)[C@H](c1cccc(O)c1)C1=C(CC(C)(C)CC1=O)N2. The molecule has 0 unspecified atom stereocenters. The van der Waals surface area contributed by atoms with Crippen LogP contribution in [0, 0.1) is 5.41 Å². The molecule has 26 heavy (non-hydrogen) atoms. The number of allylic oxidation sites excluding steroid dienone is 2. The van der Waals surface area contributed by atoms with E-state index in [9.17, 15) is 9.90 Å². The third kappa shape index (κ3) is 2.90. The molecule has 0 saturated heterocycles. The van der Waals surface area contributed by atoms with Gasteiger partial charge in [-0.15, -0.1) is 5.10 Å². The van der Waals surface area contributed by atoms with Gasteiger partial charge in [-0.3, -0.25) is 4.79 Å². The number of hydrogen-bond acceptors (Lipinski definition) is 6. The van der Waals surface area contributed by atoms with E-state index in [2.05, 4.69) is 36.2 Å². The van der Waals surface area contributed by atoms with Crippen LogP contribution in [0.3, 0.4) is 0 Å². The van der Waals surface area contributed by atoms with Crippen molar-refractivity contribution < 1.29 is 9.90 Å². The Labute approximate surface area is 156 Å². The molecule has 2 heterocycles. The van der Waals surface area contributed by atoms with Gasteiger partial charge in [-0.25, -0.2) is 4.68 Å². The van der Waals surface area contributed by atoms with Gasteiger partial charge >= 0.3 is 0 Å². The van der Waals surface area contributed by atoms with Crippen molar-refractivity contribution in [2.75, 3.05) is 11.1 Å². The molecule has 136 valence electrons. The van der Waals surface area contributed by atoms with E-state index in [4.69, 9.17) is 0 Å². The highest BCUT2D eigenvalue weighted by atomic mass is 32.2. The van der Waals surface area contributed by atoms with Crippen molar-refractivity contribution in [1.82, 2.24) is 14.8 Å². The Morgan fingerprint density at radius 3 is 2.92 bits per heavy atom. The smallest absolute Gasteiger partial charge is 0.227 e. The van der Waals surface area contributed by atoms with E-state index in [1.807, 2.05) is 6.07 Å². The molecule has 7 heteroatoms. The van der Waals surface area contributed by atoms with Crippen LogP contribution in [-0.4, -0.2) is 31.4 Å². The minimum Gasteiger partial charge on any atom is -0.508 e. The predicted molar refractivity (Wildman–Crippen MR) is 101 cm³/mol. The molecule has 1 aliphatic heterocycles. The summed E-state index contributed by atoms with van der Waals surface area (Å²) < 4.78 is 1.78. The maximum Gasteiger partial charge on any atom is 0.227 e. The number of rotatable bonds is 3. The number of fused-ring (bicyclic) bond motifs is 1. The first-order valence-corrected chi connectivity index (χ1v) is 9.78. The molecular formula is C19H22N4O2S. The Hall–Kier alpha value is -2.28. The fraction of sp³-hybridized carbons (Fsp3) is 0.421. The van der Waals surface area contributed by atoms with Crippen LogP contribution in [0.5, 0.6) is 5.75 Å². The summed E-state index contributed by atoms with van der Waals surface area (Å²) >= 11 is 1.57. The Kier molecular flexibility index (Phi) is 4.06. The average Bonchev–Trinajstić information content (AvgIpc) is 2.94. The van der Waals surface area contributed by atoms with Crippen LogP contribution in [0.4, 0.5) is 5.95 Å². The number of phenols is 1. The summed E-state index contributed by atoms with van der Waals surface area (Å²) in [5, 5.41) is 18.6. The molecule has 1 aromatic carbocycles. The van der Waals surface area contributed by atoms with Crippen LogP contribution in [0.25, 0.3) is 0 Å². The normalized spacial score (nSPS) is 21.2. The number of hydrogen-bond donors (Lipinski definition) is 2. The second-order valence-corrected chi connectivity index (χ2v) is 8.78. The molecule has 0 fully saturated rings. The number of anilines is 1. The van der Waals surface area contributed by atoms with E-state index in [0.29, 0.717) is 17.5 Å². The van der Waals surface area contributed by atoms with Gasteiger partial charge in [-0.05, 0) is 35.3 Å². The number of aromatic hydroxyl groups is 1. The van der Waals surface area contributed by atoms with Crippen molar-refractivity contribution in [2.45, 2.75) is 44.8 Å². The van der Waals surface area contributed by atoms with E-state index in [-0.39, 0.29) is 23.0 Å². The number of phenolic OH excluding ortho intramolecular Hbond substituents is 1. The standard InChI is InChI=1S/C19H22N4O2S/c1-4-26-18-21-17-20-13-9-19(2,3)10-14(25)15(13)16(23(17)22-18)11-6-5-7-12(24)8-11/h5-8,16,24H,4,9-10H2,1-3H3,(H,20,21,22)/t16-/m1/s1. The first kappa shape index (κ1) is 17.1. The van der Waals surface area contributed by atoms with Gasteiger partial charge < -0.3 is 10.4 Å². The maximum atomic E-state index is 13.0. The number of thioether (sulfide) groups is 1. The van der Waals surface area contributed by atoms with E-state index < -0.39 is 0 Å². The van der Waals surface area contributed by atoms with Gasteiger partial charge in [0.2, 0.25) is 11.1 Å². The molecule has 0 saturated carbocycles. The average molecular weight is 370 g/mol. The van der Waals surface area contributed by atoms with Crippen LogP contribution in [0.1, 0.15) is 45.2 Å². The molecule has 1 aliphatic carbocycles. The van der Waals surface area contributed by atoms with Gasteiger partial charge in [0.25, 0.3) is 0 Å². The third-order valence-corrected chi connectivity index (χ3v) is 5.49. The number of aromatic nitrogens is 3. The summed E-state index contributed by atoms with van der Waals surface area (Å²) in [6.07, 6.45) is 1.29. The van der Waals surface area contributed by atoms with Crippen LogP contribution in [0.2, 0.25) is 0 Å². The molecule has 0 bridgehead atoms. The summed E-state index contributed by atoms with van der Waals surface area (Å²) in [4.78, 5) is 17.6. The molecule has 0 radical (unpaired) electrons. The van der Waals surface area contributed by atoms with Crippen molar-refractivity contribution in [2.24, 2.45) is 5.41 Å². The van der Waals surface area contributed by atoms with Gasteiger partial charge in [0.1, 0.15) is 11.8 Å². The van der Waals surface area contributed by atoms with Crippen LogP contribution >= 0.6 is 11.8 Å². The quantitative estimate of drug-likeness (QED) is 0.801. The van der Waals surface area contributed by atoms with Crippen molar-refractivity contribution in [3.8, 4) is 5.75 Å². The fourth-order valence-electron chi connectivity index (χ4n) is 3.78. The number of nitrogens with zero attached hydrogens (tertiary/aromatic N) is 3. The molecule has 0 amide bonds. The number of benzene rings is 1. The Morgan fingerprint density at radius 2 is 2.19 bits per heavy atom. The van der Waals surface area contributed by atoms with E-state index in [1.54, 1.807) is 34.6 Å². The maximum absolute atomic E-state index is 13.0. The van der Waals surface area contributed by atoms with Crippen LogP contribution in [-0.2, 0) is 4.79 Å². The van der Waals surface area contributed by atoms with E-state index in [1.165, 1.54) is 0 Å². The molecule has 4 rings (SSSR count). The molecule has 2 aromatic rings. The highest BCUT2D eigenvalue weighted by Gasteiger charge is 2.41.